The third kappa shape index (κ3) is 3.98. The van der Waals surface area contributed by atoms with E-state index in [-0.39, 0.29) is 0 Å². The first-order valence-corrected chi connectivity index (χ1v) is 8.64. The van der Waals surface area contributed by atoms with E-state index in [1.54, 1.807) is 5.56 Å². The Bertz CT molecular complexity index is 416. The number of hydrogen-bond acceptors (Lipinski definition) is 0. The minimum absolute atomic E-state index is 0.764. The van der Waals surface area contributed by atoms with E-state index in [4.69, 9.17) is 0 Å². The van der Waals surface area contributed by atoms with Crippen molar-refractivity contribution in [2.24, 2.45) is 5.92 Å². The van der Waals surface area contributed by atoms with E-state index in [1.165, 1.54) is 56.9 Å². The molecule has 2 rings (SSSR count). The van der Waals surface area contributed by atoms with Gasteiger partial charge >= 0.3 is 0 Å². The van der Waals surface area contributed by atoms with Crippen molar-refractivity contribution in [1.82, 2.24) is 0 Å². The summed E-state index contributed by atoms with van der Waals surface area (Å²) in [7, 11) is 0. The maximum absolute atomic E-state index is 2.49. The summed E-state index contributed by atoms with van der Waals surface area (Å²) in [6, 6.07) is 9.03. The van der Waals surface area contributed by atoms with E-state index in [0.29, 0.717) is 0 Å². The molecule has 2 unspecified atom stereocenters. The van der Waals surface area contributed by atoms with Crippen LogP contribution in [0.2, 0.25) is 0 Å². The molecule has 0 aromatic heterocycles. The van der Waals surface area contributed by atoms with Gasteiger partial charge in [-0.1, -0.05) is 88.8 Å². The summed E-state index contributed by atoms with van der Waals surface area (Å²) in [6.07, 6.45) is 15.8. The third-order valence-electron chi connectivity index (χ3n) is 4.69. The molecule has 0 saturated carbocycles. The molecule has 0 nitrogen and oxygen atoms in total. The lowest BCUT2D eigenvalue weighted by Crippen LogP contribution is -2.15. The molecule has 0 N–H and O–H groups in total. The van der Waals surface area contributed by atoms with E-state index >= 15 is 0 Å². The topological polar surface area (TPSA) is 0 Å². The molecule has 1 aromatic carbocycles. The minimum Gasteiger partial charge on any atom is -0.0802 e. The molecule has 110 valence electrons. The highest BCUT2D eigenvalue weighted by atomic mass is 14.3. The zero-order valence-corrected chi connectivity index (χ0v) is 13.3. The zero-order valence-electron chi connectivity index (χ0n) is 13.3. The van der Waals surface area contributed by atoms with Gasteiger partial charge in [0.2, 0.25) is 0 Å². The van der Waals surface area contributed by atoms with Gasteiger partial charge in [-0.05, 0) is 35.8 Å². The van der Waals surface area contributed by atoms with Gasteiger partial charge in [-0.3, -0.25) is 0 Å². The molecule has 0 fully saturated rings. The van der Waals surface area contributed by atoms with Crippen molar-refractivity contribution in [3.8, 4) is 0 Å². The standard InChI is InChI=1S/C20H30/c1-3-5-7-11-17-15-16-18-12-9-10-14-20(18)19(17)13-8-6-4-2/h9-10,12,14-17,19H,3-8,11,13H2,1-2H3. The highest BCUT2D eigenvalue weighted by Gasteiger charge is 2.24. The van der Waals surface area contributed by atoms with Gasteiger partial charge in [0.1, 0.15) is 0 Å². The number of fused-ring (bicyclic) bond motifs is 1. The van der Waals surface area contributed by atoms with Crippen LogP contribution in [0.5, 0.6) is 0 Å². The summed E-state index contributed by atoms with van der Waals surface area (Å²) in [5.74, 6) is 1.54. The Balaban J connectivity index is 2.07. The Morgan fingerprint density at radius 3 is 2.30 bits per heavy atom. The minimum atomic E-state index is 0.764. The molecular weight excluding hydrogens is 240 g/mol. The number of unbranched alkanes of at least 4 members (excludes halogenated alkanes) is 4. The van der Waals surface area contributed by atoms with E-state index in [2.05, 4.69) is 50.3 Å². The van der Waals surface area contributed by atoms with Crippen LogP contribution in [0.25, 0.3) is 6.08 Å². The summed E-state index contributed by atoms with van der Waals surface area (Å²) < 4.78 is 0. The molecule has 0 amide bonds. The second-order valence-electron chi connectivity index (χ2n) is 6.25. The van der Waals surface area contributed by atoms with E-state index in [9.17, 15) is 0 Å². The van der Waals surface area contributed by atoms with Crippen molar-refractivity contribution >= 4 is 6.08 Å². The second-order valence-corrected chi connectivity index (χ2v) is 6.25. The molecule has 0 aliphatic heterocycles. The lowest BCUT2D eigenvalue weighted by Gasteiger charge is -2.30. The first-order valence-electron chi connectivity index (χ1n) is 8.64. The van der Waals surface area contributed by atoms with Crippen LogP contribution < -0.4 is 0 Å². The zero-order chi connectivity index (χ0) is 14.2. The molecule has 2 atom stereocenters. The van der Waals surface area contributed by atoms with Gasteiger partial charge in [-0.15, -0.1) is 0 Å². The summed E-state index contributed by atoms with van der Waals surface area (Å²) in [5.41, 5.74) is 3.06. The van der Waals surface area contributed by atoms with E-state index in [1.807, 2.05) is 0 Å². The number of allylic oxidation sites excluding steroid dienone is 1. The molecule has 0 spiro atoms. The summed E-state index contributed by atoms with van der Waals surface area (Å²) in [5, 5.41) is 0. The van der Waals surface area contributed by atoms with Crippen LogP contribution in [0, 0.1) is 5.92 Å². The molecule has 0 heterocycles. The van der Waals surface area contributed by atoms with Crippen molar-refractivity contribution in [2.75, 3.05) is 0 Å². The van der Waals surface area contributed by atoms with Crippen molar-refractivity contribution in [2.45, 2.75) is 71.1 Å². The molecule has 0 bridgehead atoms. The first-order chi connectivity index (χ1) is 9.86. The smallest absolute Gasteiger partial charge is 0.00930 e. The van der Waals surface area contributed by atoms with Gasteiger partial charge in [0, 0.05) is 0 Å². The van der Waals surface area contributed by atoms with Crippen LogP contribution in [0.3, 0.4) is 0 Å². The summed E-state index contributed by atoms with van der Waals surface area (Å²) in [6.45, 7) is 4.60. The van der Waals surface area contributed by atoms with Crippen LogP contribution in [-0.2, 0) is 0 Å². The lowest BCUT2D eigenvalue weighted by atomic mass is 9.74. The predicted octanol–water partition coefficient (Wildman–Crippen LogP) is 6.57. The van der Waals surface area contributed by atoms with Crippen LogP contribution in [0.15, 0.2) is 30.3 Å². The Morgan fingerprint density at radius 1 is 0.850 bits per heavy atom. The molecule has 1 aliphatic rings. The predicted molar refractivity (Wildman–Crippen MR) is 90.0 cm³/mol. The van der Waals surface area contributed by atoms with Gasteiger partial charge in [0.15, 0.2) is 0 Å². The molecular formula is C20H30. The Labute approximate surface area is 125 Å². The van der Waals surface area contributed by atoms with Crippen molar-refractivity contribution in [1.29, 1.82) is 0 Å². The first kappa shape index (κ1) is 15.4. The fourth-order valence-electron chi connectivity index (χ4n) is 3.50. The Hall–Kier alpha value is -1.04. The highest BCUT2D eigenvalue weighted by molar-refractivity contribution is 5.58. The van der Waals surface area contributed by atoms with Gasteiger partial charge in [-0.25, -0.2) is 0 Å². The fourth-order valence-corrected chi connectivity index (χ4v) is 3.50. The Kier molecular flexibility index (Phi) is 6.36. The van der Waals surface area contributed by atoms with Gasteiger partial charge < -0.3 is 0 Å². The summed E-state index contributed by atoms with van der Waals surface area (Å²) in [4.78, 5) is 0. The molecule has 0 heteroatoms. The Morgan fingerprint density at radius 2 is 1.55 bits per heavy atom. The maximum atomic E-state index is 2.49. The SMILES string of the molecule is CCCCCC1C=Cc2ccccc2C1CCCCC. The molecule has 1 aliphatic carbocycles. The van der Waals surface area contributed by atoms with Crippen molar-refractivity contribution in [3.05, 3.63) is 41.5 Å². The molecule has 0 radical (unpaired) electrons. The molecule has 20 heavy (non-hydrogen) atoms. The van der Waals surface area contributed by atoms with Crippen molar-refractivity contribution in [3.63, 3.8) is 0 Å². The average Bonchev–Trinajstić information content (AvgIpc) is 2.49. The van der Waals surface area contributed by atoms with Gasteiger partial charge in [0.05, 0.1) is 0 Å². The van der Waals surface area contributed by atoms with Crippen LogP contribution >= 0.6 is 0 Å². The average molecular weight is 270 g/mol. The highest BCUT2D eigenvalue weighted by Crippen LogP contribution is 2.40. The number of benzene rings is 1. The molecule has 0 saturated heterocycles. The largest absolute Gasteiger partial charge is 0.0802 e. The van der Waals surface area contributed by atoms with Gasteiger partial charge in [-0.2, -0.15) is 0 Å². The van der Waals surface area contributed by atoms with Crippen molar-refractivity contribution < 1.29 is 0 Å². The number of hydrogen-bond donors (Lipinski definition) is 0. The number of rotatable bonds is 8. The van der Waals surface area contributed by atoms with Gasteiger partial charge in [0.25, 0.3) is 0 Å². The fraction of sp³-hybridized carbons (Fsp3) is 0.600. The van der Waals surface area contributed by atoms with Crippen LogP contribution in [0.4, 0.5) is 0 Å². The van der Waals surface area contributed by atoms with Crippen LogP contribution in [0.1, 0.15) is 82.3 Å². The quantitative estimate of drug-likeness (QED) is 0.468. The molecule has 1 aromatic rings. The lowest BCUT2D eigenvalue weighted by molar-refractivity contribution is 0.414. The third-order valence-corrected chi connectivity index (χ3v) is 4.69. The van der Waals surface area contributed by atoms with E-state index < -0.39 is 0 Å². The van der Waals surface area contributed by atoms with E-state index in [0.717, 1.165) is 11.8 Å². The monoisotopic (exact) mass is 270 g/mol. The maximum Gasteiger partial charge on any atom is -0.00930 e. The normalized spacial score (nSPS) is 20.9. The summed E-state index contributed by atoms with van der Waals surface area (Å²) >= 11 is 0. The second kappa shape index (κ2) is 8.29. The van der Waals surface area contributed by atoms with Crippen LogP contribution in [-0.4, -0.2) is 0 Å².